The Hall–Kier alpha value is -2.61. The zero-order valence-corrected chi connectivity index (χ0v) is 17.4. The number of hydrogen-bond acceptors (Lipinski definition) is 7. The minimum absolute atomic E-state index is 0.124. The molecule has 0 saturated heterocycles. The summed E-state index contributed by atoms with van der Waals surface area (Å²) in [6, 6.07) is 7.64. The molecular formula is C20H26N2O5S. The van der Waals surface area contributed by atoms with E-state index in [2.05, 4.69) is 10.3 Å². The zero-order chi connectivity index (χ0) is 20.6. The Labute approximate surface area is 169 Å². The predicted molar refractivity (Wildman–Crippen MR) is 107 cm³/mol. The second-order valence-corrected chi connectivity index (χ2v) is 7.93. The number of esters is 1. The molecule has 1 amide bonds. The van der Waals surface area contributed by atoms with Gasteiger partial charge in [-0.1, -0.05) is 12.1 Å². The molecule has 28 heavy (non-hydrogen) atoms. The molecule has 7 nitrogen and oxygen atoms in total. The zero-order valence-electron chi connectivity index (χ0n) is 16.6. The molecule has 0 saturated carbocycles. The Balaban J connectivity index is 1.70. The number of thiazole rings is 1. The minimum atomic E-state index is -0.541. The number of amides is 1. The standard InChI is InChI=1S/C20H26N2O5S/c1-20(2,3)27-19(24)21-10-6-9-17(23)26-12-15-13-28-18(22-15)14-7-5-8-16(11-14)25-4/h5,7-8,11,13H,6,9-10,12H2,1-4H3,(H,21,24). The van der Waals surface area contributed by atoms with Crippen LogP contribution < -0.4 is 10.1 Å². The summed E-state index contributed by atoms with van der Waals surface area (Å²) in [6.07, 6.45) is 0.195. The topological polar surface area (TPSA) is 86.8 Å². The van der Waals surface area contributed by atoms with Crippen molar-refractivity contribution in [3.05, 3.63) is 35.3 Å². The first-order valence-corrected chi connectivity index (χ1v) is 9.86. The number of rotatable bonds is 8. The van der Waals surface area contributed by atoms with Crippen molar-refractivity contribution in [3.8, 4) is 16.3 Å². The molecule has 1 aromatic carbocycles. The number of nitrogens with zero attached hydrogens (tertiary/aromatic N) is 1. The van der Waals surface area contributed by atoms with Crippen LogP contribution in [0, 0.1) is 0 Å². The van der Waals surface area contributed by atoms with E-state index in [0.717, 1.165) is 16.3 Å². The molecular weight excluding hydrogens is 380 g/mol. The molecule has 0 radical (unpaired) electrons. The Bertz CT molecular complexity index is 798. The van der Waals surface area contributed by atoms with Crippen LogP contribution in [0.5, 0.6) is 5.75 Å². The largest absolute Gasteiger partial charge is 0.497 e. The van der Waals surface area contributed by atoms with Crippen LogP contribution in [0.15, 0.2) is 29.6 Å². The van der Waals surface area contributed by atoms with Crippen molar-refractivity contribution in [2.75, 3.05) is 13.7 Å². The van der Waals surface area contributed by atoms with Gasteiger partial charge < -0.3 is 19.5 Å². The molecule has 0 fully saturated rings. The fourth-order valence-corrected chi connectivity index (χ4v) is 3.03. The summed E-state index contributed by atoms with van der Waals surface area (Å²) in [5.74, 6) is 0.433. The van der Waals surface area contributed by atoms with E-state index in [-0.39, 0.29) is 19.0 Å². The van der Waals surface area contributed by atoms with Gasteiger partial charge in [0.25, 0.3) is 0 Å². The Morgan fingerprint density at radius 3 is 2.75 bits per heavy atom. The lowest BCUT2D eigenvalue weighted by Gasteiger charge is -2.19. The van der Waals surface area contributed by atoms with Crippen molar-refractivity contribution >= 4 is 23.4 Å². The maximum absolute atomic E-state index is 11.8. The molecule has 2 aromatic rings. The summed E-state index contributed by atoms with van der Waals surface area (Å²) in [7, 11) is 1.62. The van der Waals surface area contributed by atoms with Crippen LogP contribution in [0.2, 0.25) is 0 Å². The average molecular weight is 407 g/mol. The van der Waals surface area contributed by atoms with E-state index in [1.165, 1.54) is 11.3 Å². The minimum Gasteiger partial charge on any atom is -0.497 e. The molecule has 0 atom stereocenters. The van der Waals surface area contributed by atoms with Crippen molar-refractivity contribution < 1.29 is 23.8 Å². The molecule has 0 bridgehead atoms. The number of carbonyl (C=O) groups excluding carboxylic acids is 2. The van der Waals surface area contributed by atoms with Crippen molar-refractivity contribution in [2.24, 2.45) is 0 Å². The van der Waals surface area contributed by atoms with E-state index in [1.807, 2.05) is 29.6 Å². The number of ether oxygens (including phenoxy) is 3. The molecule has 152 valence electrons. The number of aromatic nitrogens is 1. The lowest BCUT2D eigenvalue weighted by Crippen LogP contribution is -2.33. The van der Waals surface area contributed by atoms with Crippen LogP contribution in [0.25, 0.3) is 10.6 Å². The van der Waals surface area contributed by atoms with Crippen LogP contribution in [0.1, 0.15) is 39.3 Å². The quantitative estimate of drug-likeness (QED) is 0.523. The Morgan fingerprint density at radius 1 is 1.25 bits per heavy atom. The molecule has 0 aliphatic heterocycles. The highest BCUT2D eigenvalue weighted by molar-refractivity contribution is 7.13. The smallest absolute Gasteiger partial charge is 0.407 e. The van der Waals surface area contributed by atoms with E-state index in [4.69, 9.17) is 14.2 Å². The number of carbonyl (C=O) groups is 2. The lowest BCUT2D eigenvalue weighted by molar-refractivity contribution is -0.145. The van der Waals surface area contributed by atoms with Gasteiger partial charge in [0.15, 0.2) is 0 Å². The van der Waals surface area contributed by atoms with Crippen LogP contribution in [-0.2, 0) is 20.9 Å². The number of alkyl carbamates (subject to hydrolysis) is 1. The Kier molecular flexibility index (Phi) is 7.80. The van der Waals surface area contributed by atoms with Crippen LogP contribution in [0.4, 0.5) is 4.79 Å². The van der Waals surface area contributed by atoms with Crippen molar-refractivity contribution in [3.63, 3.8) is 0 Å². The van der Waals surface area contributed by atoms with E-state index in [1.54, 1.807) is 27.9 Å². The third-order valence-electron chi connectivity index (χ3n) is 3.48. The van der Waals surface area contributed by atoms with Crippen LogP contribution >= 0.6 is 11.3 Å². The first-order chi connectivity index (χ1) is 13.3. The van der Waals surface area contributed by atoms with Gasteiger partial charge in [0.2, 0.25) is 0 Å². The van der Waals surface area contributed by atoms with Gasteiger partial charge in [-0.2, -0.15) is 0 Å². The highest BCUT2D eigenvalue weighted by Gasteiger charge is 2.15. The van der Waals surface area contributed by atoms with Gasteiger partial charge in [-0.3, -0.25) is 4.79 Å². The number of methoxy groups -OCH3 is 1. The molecule has 1 N–H and O–H groups in total. The molecule has 0 spiro atoms. The number of hydrogen-bond donors (Lipinski definition) is 1. The molecule has 1 aromatic heterocycles. The third-order valence-corrected chi connectivity index (χ3v) is 4.42. The summed E-state index contributed by atoms with van der Waals surface area (Å²) in [5.41, 5.74) is 1.11. The maximum atomic E-state index is 11.8. The molecule has 2 rings (SSSR count). The molecule has 8 heteroatoms. The average Bonchev–Trinajstić information content (AvgIpc) is 3.11. The summed E-state index contributed by atoms with van der Waals surface area (Å²) in [6.45, 7) is 5.85. The van der Waals surface area contributed by atoms with Gasteiger partial charge in [-0.15, -0.1) is 11.3 Å². The lowest BCUT2D eigenvalue weighted by atomic mass is 10.2. The molecule has 0 aliphatic carbocycles. The van der Waals surface area contributed by atoms with Gasteiger partial charge in [0, 0.05) is 23.9 Å². The second kappa shape index (κ2) is 10.1. The second-order valence-electron chi connectivity index (χ2n) is 7.07. The fraction of sp³-hybridized carbons (Fsp3) is 0.450. The highest BCUT2D eigenvalue weighted by Crippen LogP contribution is 2.27. The summed E-state index contributed by atoms with van der Waals surface area (Å²) in [5, 5.41) is 5.32. The third kappa shape index (κ3) is 7.56. The highest BCUT2D eigenvalue weighted by atomic mass is 32.1. The van der Waals surface area contributed by atoms with Crippen molar-refractivity contribution in [2.45, 2.75) is 45.8 Å². The van der Waals surface area contributed by atoms with Crippen LogP contribution in [0.3, 0.4) is 0 Å². The van der Waals surface area contributed by atoms with Crippen molar-refractivity contribution in [1.82, 2.24) is 10.3 Å². The van der Waals surface area contributed by atoms with E-state index >= 15 is 0 Å². The van der Waals surface area contributed by atoms with Gasteiger partial charge in [-0.25, -0.2) is 9.78 Å². The first-order valence-electron chi connectivity index (χ1n) is 8.98. The van der Waals surface area contributed by atoms with E-state index < -0.39 is 11.7 Å². The van der Waals surface area contributed by atoms with Gasteiger partial charge in [0.1, 0.15) is 23.0 Å². The Morgan fingerprint density at radius 2 is 2.04 bits per heavy atom. The number of nitrogens with one attached hydrogen (secondary N) is 1. The van der Waals surface area contributed by atoms with E-state index in [9.17, 15) is 9.59 Å². The van der Waals surface area contributed by atoms with Crippen molar-refractivity contribution in [1.29, 1.82) is 0 Å². The first kappa shape index (κ1) is 21.7. The normalized spacial score (nSPS) is 11.0. The summed E-state index contributed by atoms with van der Waals surface area (Å²) >= 11 is 1.48. The molecule has 1 heterocycles. The monoisotopic (exact) mass is 406 g/mol. The predicted octanol–water partition coefficient (Wildman–Crippen LogP) is 4.17. The van der Waals surface area contributed by atoms with E-state index in [0.29, 0.717) is 18.7 Å². The molecule has 0 unspecified atom stereocenters. The van der Waals surface area contributed by atoms with Crippen LogP contribution in [-0.4, -0.2) is 36.3 Å². The van der Waals surface area contributed by atoms with Gasteiger partial charge in [0.05, 0.1) is 12.8 Å². The summed E-state index contributed by atoms with van der Waals surface area (Å²) < 4.78 is 15.6. The number of benzene rings is 1. The maximum Gasteiger partial charge on any atom is 0.407 e. The molecule has 0 aliphatic rings. The van der Waals surface area contributed by atoms with Gasteiger partial charge in [-0.05, 0) is 39.3 Å². The van der Waals surface area contributed by atoms with Gasteiger partial charge >= 0.3 is 12.1 Å². The fourth-order valence-electron chi connectivity index (χ4n) is 2.23. The SMILES string of the molecule is COc1cccc(-c2nc(COC(=O)CCCNC(=O)OC(C)(C)C)cs2)c1. The summed E-state index contributed by atoms with van der Waals surface area (Å²) in [4.78, 5) is 27.8.